The Labute approximate surface area is 102 Å². The van der Waals surface area contributed by atoms with E-state index in [9.17, 15) is 9.59 Å². The van der Waals surface area contributed by atoms with E-state index in [0.717, 1.165) is 4.90 Å². The van der Waals surface area contributed by atoms with Crippen molar-refractivity contribution in [3.8, 4) is 0 Å². The Morgan fingerprint density at radius 3 is 2.50 bits per heavy atom. The van der Waals surface area contributed by atoms with Crippen molar-refractivity contribution in [3.63, 3.8) is 0 Å². The van der Waals surface area contributed by atoms with E-state index in [4.69, 9.17) is 9.63 Å². The Balaban J connectivity index is 2.31. The molecule has 2 rings (SSSR count). The number of carbonyl (C=O) groups is 2. The summed E-state index contributed by atoms with van der Waals surface area (Å²) in [5.41, 5.74) is 0.487. The van der Waals surface area contributed by atoms with Crippen molar-refractivity contribution in [1.29, 1.82) is 0 Å². The van der Waals surface area contributed by atoms with E-state index < -0.39 is 18.4 Å². The van der Waals surface area contributed by atoms with Gasteiger partial charge in [0.05, 0.1) is 6.20 Å². The van der Waals surface area contributed by atoms with Crippen LogP contribution in [0.2, 0.25) is 0 Å². The molecule has 1 aromatic carbocycles. The first kappa shape index (κ1) is 11.8. The minimum atomic E-state index is -1.10. The van der Waals surface area contributed by atoms with Gasteiger partial charge in [0.15, 0.2) is 0 Å². The second-order valence-corrected chi connectivity index (χ2v) is 3.50. The predicted octanol–water partition coefficient (Wildman–Crippen LogP) is 1.41. The molecule has 0 spiro atoms. The Hall–Kier alpha value is -2.63. The van der Waals surface area contributed by atoms with Crippen LogP contribution in [0, 0.1) is 0 Å². The maximum atomic E-state index is 12.1. The summed E-state index contributed by atoms with van der Waals surface area (Å²) in [4.78, 5) is 24.0. The third-order valence-electron chi connectivity index (χ3n) is 2.26. The summed E-state index contributed by atoms with van der Waals surface area (Å²) in [5.74, 6) is -1.65. The number of aromatic nitrogens is 1. The van der Waals surface area contributed by atoms with Crippen LogP contribution in [0.25, 0.3) is 0 Å². The van der Waals surface area contributed by atoms with Crippen LogP contribution in [-0.4, -0.2) is 28.7 Å². The van der Waals surface area contributed by atoms with Crippen LogP contribution in [0.3, 0.4) is 0 Å². The molecule has 0 unspecified atom stereocenters. The lowest BCUT2D eigenvalue weighted by Crippen LogP contribution is -2.35. The van der Waals surface area contributed by atoms with Crippen LogP contribution in [0.4, 0.5) is 5.69 Å². The third-order valence-corrected chi connectivity index (χ3v) is 2.26. The standard InChI is InChI=1S/C12H10N2O4/c15-11(16)8-14(9-4-2-1-3-5-9)12(17)10-6-7-13-18-10/h1-7H,8H2,(H,15,16). The summed E-state index contributed by atoms with van der Waals surface area (Å²) in [6.45, 7) is -0.441. The highest BCUT2D eigenvalue weighted by Gasteiger charge is 2.22. The largest absolute Gasteiger partial charge is 0.480 e. The topological polar surface area (TPSA) is 83.6 Å². The number of carboxylic acid groups (broad SMARTS) is 1. The van der Waals surface area contributed by atoms with E-state index in [1.807, 2.05) is 0 Å². The van der Waals surface area contributed by atoms with Gasteiger partial charge in [0.2, 0.25) is 5.76 Å². The molecule has 6 nitrogen and oxygen atoms in total. The predicted molar refractivity (Wildman–Crippen MR) is 62.3 cm³/mol. The molecule has 6 heteroatoms. The lowest BCUT2D eigenvalue weighted by molar-refractivity contribution is -0.135. The van der Waals surface area contributed by atoms with Gasteiger partial charge in [-0.25, -0.2) is 0 Å². The Morgan fingerprint density at radius 2 is 1.94 bits per heavy atom. The molecule has 0 aliphatic rings. The first-order valence-electron chi connectivity index (χ1n) is 5.18. The van der Waals surface area contributed by atoms with Gasteiger partial charge in [-0.15, -0.1) is 0 Å². The number of rotatable bonds is 4. The van der Waals surface area contributed by atoms with Gasteiger partial charge in [-0.05, 0) is 12.1 Å². The minimum absolute atomic E-state index is 0.0000954. The number of para-hydroxylation sites is 1. The molecule has 92 valence electrons. The molecule has 1 N–H and O–H groups in total. The van der Waals surface area contributed by atoms with Gasteiger partial charge in [-0.1, -0.05) is 23.4 Å². The number of amides is 1. The summed E-state index contributed by atoms with van der Waals surface area (Å²) in [5, 5.41) is 12.3. The van der Waals surface area contributed by atoms with E-state index >= 15 is 0 Å². The van der Waals surface area contributed by atoms with Crippen LogP contribution in [0.5, 0.6) is 0 Å². The van der Waals surface area contributed by atoms with Gasteiger partial charge < -0.3 is 9.63 Å². The molecule has 2 aromatic rings. The Morgan fingerprint density at radius 1 is 1.22 bits per heavy atom. The summed E-state index contributed by atoms with van der Waals surface area (Å²) in [7, 11) is 0. The molecule has 0 aliphatic heterocycles. The molecule has 0 fully saturated rings. The average Bonchev–Trinajstić information content (AvgIpc) is 2.90. The van der Waals surface area contributed by atoms with Crippen molar-refractivity contribution in [2.24, 2.45) is 0 Å². The number of benzene rings is 1. The number of nitrogens with zero attached hydrogens (tertiary/aromatic N) is 2. The van der Waals surface area contributed by atoms with Gasteiger partial charge in [0, 0.05) is 11.8 Å². The number of carboxylic acids is 1. The van der Waals surface area contributed by atoms with Crippen LogP contribution in [0.1, 0.15) is 10.6 Å². The zero-order valence-electron chi connectivity index (χ0n) is 9.31. The molecule has 0 bridgehead atoms. The fourth-order valence-electron chi connectivity index (χ4n) is 1.48. The van der Waals surface area contributed by atoms with Crippen LogP contribution in [0.15, 0.2) is 47.1 Å². The quantitative estimate of drug-likeness (QED) is 0.881. The molecule has 0 atom stereocenters. The maximum absolute atomic E-state index is 12.1. The lowest BCUT2D eigenvalue weighted by Gasteiger charge is -2.19. The van der Waals surface area contributed by atoms with E-state index in [2.05, 4.69) is 5.16 Å². The van der Waals surface area contributed by atoms with Crippen LogP contribution >= 0.6 is 0 Å². The second-order valence-electron chi connectivity index (χ2n) is 3.50. The molecule has 1 aromatic heterocycles. The van der Waals surface area contributed by atoms with Crippen LogP contribution < -0.4 is 4.90 Å². The van der Waals surface area contributed by atoms with E-state index in [0.29, 0.717) is 5.69 Å². The fraction of sp³-hybridized carbons (Fsp3) is 0.0833. The van der Waals surface area contributed by atoms with E-state index in [1.54, 1.807) is 30.3 Å². The molecule has 0 aliphatic carbocycles. The highest BCUT2D eigenvalue weighted by molar-refractivity contribution is 6.06. The number of aliphatic carboxylic acids is 1. The van der Waals surface area contributed by atoms with E-state index in [1.165, 1.54) is 12.3 Å². The normalized spacial score (nSPS) is 10.0. The molecule has 0 saturated carbocycles. The summed E-state index contributed by atoms with van der Waals surface area (Å²) >= 11 is 0. The summed E-state index contributed by atoms with van der Waals surface area (Å²) in [6, 6.07) is 9.91. The van der Waals surface area contributed by atoms with Crippen molar-refractivity contribution >= 4 is 17.6 Å². The van der Waals surface area contributed by atoms with Crippen LogP contribution in [-0.2, 0) is 4.79 Å². The molecule has 0 radical (unpaired) electrons. The smallest absolute Gasteiger partial charge is 0.323 e. The number of hydrogen-bond donors (Lipinski definition) is 1. The fourth-order valence-corrected chi connectivity index (χ4v) is 1.48. The van der Waals surface area contributed by atoms with E-state index in [-0.39, 0.29) is 5.76 Å². The first-order chi connectivity index (χ1) is 8.68. The number of hydrogen-bond acceptors (Lipinski definition) is 4. The van der Waals surface area contributed by atoms with Crippen molar-refractivity contribution in [1.82, 2.24) is 5.16 Å². The van der Waals surface area contributed by atoms with Gasteiger partial charge in [-0.2, -0.15) is 0 Å². The third kappa shape index (κ3) is 2.54. The molecule has 1 amide bonds. The maximum Gasteiger partial charge on any atom is 0.323 e. The summed E-state index contributed by atoms with van der Waals surface area (Å²) in [6.07, 6.45) is 1.33. The van der Waals surface area contributed by atoms with Gasteiger partial charge in [0.1, 0.15) is 6.54 Å². The van der Waals surface area contributed by atoms with Gasteiger partial charge >= 0.3 is 5.97 Å². The zero-order chi connectivity index (χ0) is 13.0. The molecule has 1 heterocycles. The monoisotopic (exact) mass is 246 g/mol. The van der Waals surface area contributed by atoms with Crippen molar-refractivity contribution in [2.75, 3.05) is 11.4 Å². The Kier molecular flexibility index (Phi) is 3.38. The number of carbonyl (C=O) groups excluding carboxylic acids is 1. The zero-order valence-corrected chi connectivity index (χ0v) is 9.31. The number of anilines is 1. The highest BCUT2D eigenvalue weighted by Crippen LogP contribution is 2.16. The van der Waals surface area contributed by atoms with Crippen molar-refractivity contribution in [3.05, 3.63) is 48.4 Å². The van der Waals surface area contributed by atoms with Crippen molar-refractivity contribution < 1.29 is 19.2 Å². The highest BCUT2D eigenvalue weighted by atomic mass is 16.5. The average molecular weight is 246 g/mol. The minimum Gasteiger partial charge on any atom is -0.480 e. The second kappa shape index (κ2) is 5.13. The lowest BCUT2D eigenvalue weighted by atomic mass is 10.2. The van der Waals surface area contributed by atoms with Gasteiger partial charge in [-0.3, -0.25) is 14.5 Å². The SMILES string of the molecule is O=C(O)CN(C(=O)c1ccno1)c1ccccc1. The molecular formula is C12H10N2O4. The van der Waals surface area contributed by atoms with Gasteiger partial charge in [0.25, 0.3) is 5.91 Å². The molecular weight excluding hydrogens is 236 g/mol. The van der Waals surface area contributed by atoms with Crippen molar-refractivity contribution in [2.45, 2.75) is 0 Å². The first-order valence-corrected chi connectivity index (χ1v) is 5.18. The Bertz CT molecular complexity index is 536. The molecule has 0 saturated heterocycles. The summed E-state index contributed by atoms with van der Waals surface area (Å²) < 4.78 is 4.75. The molecule has 18 heavy (non-hydrogen) atoms.